The third-order valence-corrected chi connectivity index (χ3v) is 3.10. The van der Waals surface area contributed by atoms with Crippen molar-refractivity contribution in [2.75, 3.05) is 6.54 Å². The van der Waals surface area contributed by atoms with Gasteiger partial charge in [-0.05, 0) is 24.8 Å². The van der Waals surface area contributed by atoms with E-state index in [2.05, 4.69) is 50.0 Å². The maximum atomic E-state index is 4.41. The Kier molecular flexibility index (Phi) is 6.33. The second kappa shape index (κ2) is 7.52. The number of aromatic nitrogens is 3. The molecule has 0 aliphatic heterocycles. The van der Waals surface area contributed by atoms with Gasteiger partial charge in [0.15, 0.2) is 0 Å². The van der Waals surface area contributed by atoms with Crippen molar-refractivity contribution in [3.05, 3.63) is 12.2 Å². The van der Waals surface area contributed by atoms with Gasteiger partial charge < -0.3 is 5.32 Å². The molecule has 0 radical (unpaired) electrons. The number of rotatable bonds is 8. The standard InChI is InChI=1S/C14H28N4/c1-6-7-15-13(12(4)5)8-14-16-10-17-18(14)9-11(2)3/h10-13,15H,6-9H2,1-5H3. The largest absolute Gasteiger partial charge is 0.313 e. The molecule has 0 saturated carbocycles. The summed E-state index contributed by atoms with van der Waals surface area (Å²) in [5.74, 6) is 2.32. The Bertz CT molecular complexity index is 330. The molecule has 1 aromatic rings. The quantitative estimate of drug-likeness (QED) is 0.773. The Labute approximate surface area is 111 Å². The van der Waals surface area contributed by atoms with Gasteiger partial charge >= 0.3 is 0 Å². The van der Waals surface area contributed by atoms with Crippen molar-refractivity contribution < 1.29 is 0 Å². The van der Waals surface area contributed by atoms with E-state index < -0.39 is 0 Å². The van der Waals surface area contributed by atoms with Gasteiger partial charge in [0.25, 0.3) is 0 Å². The SMILES string of the molecule is CCCNC(Cc1ncnn1CC(C)C)C(C)C. The van der Waals surface area contributed by atoms with Crippen LogP contribution in [-0.4, -0.2) is 27.4 Å². The molecule has 4 nitrogen and oxygen atoms in total. The molecular formula is C14H28N4. The van der Waals surface area contributed by atoms with E-state index in [0.29, 0.717) is 17.9 Å². The number of nitrogens with one attached hydrogen (secondary N) is 1. The molecule has 1 N–H and O–H groups in total. The van der Waals surface area contributed by atoms with Gasteiger partial charge in [0.05, 0.1) is 0 Å². The van der Waals surface area contributed by atoms with Crippen molar-refractivity contribution >= 4 is 0 Å². The van der Waals surface area contributed by atoms with Gasteiger partial charge in [-0.2, -0.15) is 5.10 Å². The van der Waals surface area contributed by atoms with Crippen LogP contribution in [-0.2, 0) is 13.0 Å². The van der Waals surface area contributed by atoms with Crippen LogP contribution in [0, 0.1) is 11.8 Å². The number of nitrogens with zero attached hydrogens (tertiary/aromatic N) is 3. The average molecular weight is 252 g/mol. The first-order chi connectivity index (χ1) is 8.54. The van der Waals surface area contributed by atoms with E-state index in [1.165, 1.54) is 6.42 Å². The van der Waals surface area contributed by atoms with Crippen LogP contribution in [0.25, 0.3) is 0 Å². The summed E-state index contributed by atoms with van der Waals surface area (Å²) in [4.78, 5) is 4.41. The third-order valence-electron chi connectivity index (χ3n) is 3.10. The topological polar surface area (TPSA) is 42.7 Å². The Morgan fingerprint density at radius 1 is 1.28 bits per heavy atom. The van der Waals surface area contributed by atoms with Crippen LogP contribution in [0.1, 0.15) is 46.9 Å². The molecule has 1 rings (SSSR count). The third kappa shape index (κ3) is 4.77. The van der Waals surface area contributed by atoms with Crippen LogP contribution in [0.2, 0.25) is 0 Å². The van der Waals surface area contributed by atoms with Crippen molar-refractivity contribution in [1.82, 2.24) is 20.1 Å². The molecule has 0 amide bonds. The molecule has 0 saturated heterocycles. The van der Waals surface area contributed by atoms with Crippen LogP contribution in [0.5, 0.6) is 0 Å². The van der Waals surface area contributed by atoms with E-state index in [4.69, 9.17) is 0 Å². The predicted octanol–water partition coefficient (Wildman–Crippen LogP) is 2.50. The van der Waals surface area contributed by atoms with Gasteiger partial charge in [0, 0.05) is 19.0 Å². The lowest BCUT2D eigenvalue weighted by atomic mass is 10.0. The minimum absolute atomic E-state index is 0.486. The van der Waals surface area contributed by atoms with Crippen molar-refractivity contribution in [3.8, 4) is 0 Å². The highest BCUT2D eigenvalue weighted by Gasteiger charge is 2.16. The highest BCUT2D eigenvalue weighted by molar-refractivity contribution is 4.91. The van der Waals surface area contributed by atoms with Crippen LogP contribution < -0.4 is 5.32 Å². The molecule has 4 heteroatoms. The van der Waals surface area contributed by atoms with Gasteiger partial charge in [-0.1, -0.05) is 34.6 Å². The highest BCUT2D eigenvalue weighted by Crippen LogP contribution is 2.10. The molecule has 1 atom stereocenters. The monoisotopic (exact) mass is 252 g/mol. The van der Waals surface area contributed by atoms with Crippen LogP contribution >= 0.6 is 0 Å². The van der Waals surface area contributed by atoms with Crippen LogP contribution in [0.15, 0.2) is 6.33 Å². The second-order valence-corrected chi connectivity index (χ2v) is 5.76. The zero-order valence-electron chi connectivity index (χ0n) is 12.5. The summed E-state index contributed by atoms with van der Waals surface area (Å²) >= 11 is 0. The van der Waals surface area contributed by atoms with E-state index in [1.807, 2.05) is 4.68 Å². The lowest BCUT2D eigenvalue weighted by molar-refractivity contribution is 0.376. The van der Waals surface area contributed by atoms with E-state index in [-0.39, 0.29) is 0 Å². The van der Waals surface area contributed by atoms with E-state index in [9.17, 15) is 0 Å². The number of hydrogen-bond acceptors (Lipinski definition) is 3. The zero-order chi connectivity index (χ0) is 13.5. The lowest BCUT2D eigenvalue weighted by Crippen LogP contribution is -2.37. The summed E-state index contributed by atoms with van der Waals surface area (Å²) in [6.45, 7) is 13.2. The first-order valence-electron chi connectivity index (χ1n) is 7.14. The fourth-order valence-electron chi connectivity index (χ4n) is 2.01. The van der Waals surface area contributed by atoms with E-state index in [0.717, 1.165) is 25.3 Å². The fourth-order valence-corrected chi connectivity index (χ4v) is 2.01. The predicted molar refractivity (Wildman–Crippen MR) is 75.5 cm³/mol. The molecule has 1 unspecified atom stereocenters. The molecule has 0 fully saturated rings. The summed E-state index contributed by atoms with van der Waals surface area (Å²) in [5, 5.41) is 7.93. The van der Waals surface area contributed by atoms with Crippen LogP contribution in [0.4, 0.5) is 0 Å². The molecule has 18 heavy (non-hydrogen) atoms. The molecular weight excluding hydrogens is 224 g/mol. The molecule has 0 spiro atoms. The first kappa shape index (κ1) is 15.2. The first-order valence-corrected chi connectivity index (χ1v) is 7.14. The maximum absolute atomic E-state index is 4.41. The fraction of sp³-hybridized carbons (Fsp3) is 0.857. The Morgan fingerprint density at radius 3 is 2.56 bits per heavy atom. The molecule has 0 bridgehead atoms. The Balaban J connectivity index is 2.65. The average Bonchev–Trinajstić information content (AvgIpc) is 2.70. The Hall–Kier alpha value is -0.900. The molecule has 104 valence electrons. The van der Waals surface area contributed by atoms with E-state index in [1.54, 1.807) is 6.33 Å². The normalized spacial score (nSPS) is 13.5. The Morgan fingerprint density at radius 2 is 2.00 bits per heavy atom. The molecule has 0 aromatic carbocycles. The van der Waals surface area contributed by atoms with Gasteiger partial charge in [0.2, 0.25) is 0 Å². The van der Waals surface area contributed by atoms with Crippen molar-refractivity contribution in [2.45, 2.75) is 60.0 Å². The lowest BCUT2D eigenvalue weighted by Gasteiger charge is -2.22. The summed E-state index contributed by atoms with van der Waals surface area (Å²) in [5.41, 5.74) is 0. The van der Waals surface area contributed by atoms with Gasteiger partial charge in [-0.15, -0.1) is 0 Å². The summed E-state index contributed by atoms with van der Waals surface area (Å²) < 4.78 is 2.05. The zero-order valence-corrected chi connectivity index (χ0v) is 12.5. The minimum Gasteiger partial charge on any atom is -0.313 e. The van der Waals surface area contributed by atoms with Crippen molar-refractivity contribution in [2.24, 2.45) is 11.8 Å². The van der Waals surface area contributed by atoms with Gasteiger partial charge in [0.1, 0.15) is 12.2 Å². The molecule has 0 aliphatic carbocycles. The molecule has 0 aliphatic rings. The summed E-state index contributed by atoms with van der Waals surface area (Å²) in [6, 6.07) is 0.486. The second-order valence-electron chi connectivity index (χ2n) is 5.76. The summed E-state index contributed by atoms with van der Waals surface area (Å²) in [6.07, 6.45) is 3.81. The number of hydrogen-bond donors (Lipinski definition) is 1. The highest BCUT2D eigenvalue weighted by atomic mass is 15.3. The van der Waals surface area contributed by atoms with Crippen molar-refractivity contribution in [1.29, 1.82) is 0 Å². The van der Waals surface area contributed by atoms with Crippen molar-refractivity contribution in [3.63, 3.8) is 0 Å². The van der Waals surface area contributed by atoms with Gasteiger partial charge in [-0.3, -0.25) is 0 Å². The summed E-state index contributed by atoms with van der Waals surface area (Å²) in [7, 11) is 0. The molecule has 1 heterocycles. The minimum atomic E-state index is 0.486. The van der Waals surface area contributed by atoms with E-state index >= 15 is 0 Å². The van der Waals surface area contributed by atoms with Crippen LogP contribution in [0.3, 0.4) is 0 Å². The smallest absolute Gasteiger partial charge is 0.138 e. The van der Waals surface area contributed by atoms with Gasteiger partial charge in [-0.25, -0.2) is 9.67 Å². The molecule has 1 aromatic heterocycles. The maximum Gasteiger partial charge on any atom is 0.138 e.